The van der Waals surface area contributed by atoms with Crippen molar-refractivity contribution in [2.75, 3.05) is 0 Å². The maximum Gasteiger partial charge on any atom is 0.140 e. The first-order valence-electron chi connectivity index (χ1n) is 10.0. The number of nitrogens with one attached hydrogen (secondary N) is 1. The highest BCUT2D eigenvalue weighted by atomic mass is 15.1. The minimum atomic E-state index is 0.858. The Morgan fingerprint density at radius 1 is 0.552 bits per heavy atom. The highest BCUT2D eigenvalue weighted by molar-refractivity contribution is 6.26. The lowest BCUT2D eigenvalue weighted by Gasteiger charge is -2.09. The van der Waals surface area contributed by atoms with Crippen LogP contribution in [0.4, 0.5) is 11.4 Å². The van der Waals surface area contributed by atoms with Crippen LogP contribution in [-0.2, 0) is 0 Å². The number of benzene rings is 3. The van der Waals surface area contributed by atoms with Crippen molar-refractivity contribution in [2.45, 2.75) is 41.5 Å². The van der Waals surface area contributed by atoms with Crippen molar-refractivity contribution in [1.29, 1.82) is 0 Å². The Morgan fingerprint density at radius 3 is 1.24 bits per heavy atom. The van der Waals surface area contributed by atoms with Crippen LogP contribution in [0.25, 0.3) is 0 Å². The molecule has 3 aromatic rings. The first-order chi connectivity index (χ1) is 13.8. The van der Waals surface area contributed by atoms with Gasteiger partial charge in [0.1, 0.15) is 11.7 Å². The van der Waals surface area contributed by atoms with E-state index in [0.29, 0.717) is 0 Å². The summed E-state index contributed by atoms with van der Waals surface area (Å²) < 4.78 is 0. The number of aliphatic imine (C=N–C) groups is 2. The molecule has 1 N–H and O–H groups in total. The Kier molecular flexibility index (Phi) is 4.83. The number of amidine groups is 2. The molecule has 146 valence electrons. The molecule has 0 amide bonds. The Labute approximate surface area is 173 Å². The number of fused-ring (bicyclic) bond motifs is 1. The zero-order valence-corrected chi connectivity index (χ0v) is 18.0. The van der Waals surface area contributed by atoms with Crippen LogP contribution in [-0.4, -0.2) is 11.7 Å². The Balaban J connectivity index is 1.84. The summed E-state index contributed by atoms with van der Waals surface area (Å²) in [5, 5.41) is 3.49. The van der Waals surface area contributed by atoms with Gasteiger partial charge in [0.25, 0.3) is 0 Å². The van der Waals surface area contributed by atoms with Crippen molar-refractivity contribution in [3.63, 3.8) is 0 Å². The average molecular weight is 382 g/mol. The van der Waals surface area contributed by atoms with E-state index in [1.807, 2.05) is 0 Å². The van der Waals surface area contributed by atoms with E-state index >= 15 is 0 Å². The maximum atomic E-state index is 5.02. The first-order valence-corrected chi connectivity index (χ1v) is 10.0. The molecule has 0 atom stereocenters. The highest BCUT2D eigenvalue weighted by Crippen LogP contribution is 2.30. The topological polar surface area (TPSA) is 36.8 Å². The second-order valence-electron chi connectivity index (χ2n) is 8.09. The fourth-order valence-corrected chi connectivity index (χ4v) is 4.24. The molecule has 3 nitrogen and oxygen atoms in total. The van der Waals surface area contributed by atoms with Gasteiger partial charge in [-0.2, -0.15) is 0 Å². The molecule has 29 heavy (non-hydrogen) atoms. The maximum absolute atomic E-state index is 5.02. The predicted molar refractivity (Wildman–Crippen MR) is 123 cm³/mol. The van der Waals surface area contributed by atoms with E-state index in [2.05, 4.69) is 95.4 Å². The monoisotopic (exact) mass is 381 g/mol. The van der Waals surface area contributed by atoms with Gasteiger partial charge in [-0.3, -0.25) is 0 Å². The van der Waals surface area contributed by atoms with E-state index in [9.17, 15) is 0 Å². The van der Waals surface area contributed by atoms with Crippen molar-refractivity contribution in [3.8, 4) is 0 Å². The number of hydrogen-bond acceptors (Lipinski definition) is 2. The van der Waals surface area contributed by atoms with E-state index in [-0.39, 0.29) is 0 Å². The van der Waals surface area contributed by atoms with Crippen LogP contribution in [0, 0.1) is 41.5 Å². The molecule has 1 aliphatic heterocycles. The first kappa shape index (κ1) is 19.1. The summed E-state index contributed by atoms with van der Waals surface area (Å²) in [4.78, 5) is 10.0. The van der Waals surface area contributed by atoms with Crippen LogP contribution in [0.5, 0.6) is 0 Å². The third kappa shape index (κ3) is 3.61. The minimum Gasteiger partial charge on any atom is -0.324 e. The summed E-state index contributed by atoms with van der Waals surface area (Å²) in [6, 6.07) is 17.0. The Bertz CT molecular complexity index is 1040. The third-order valence-corrected chi connectivity index (χ3v) is 5.39. The molecule has 4 rings (SSSR count). The SMILES string of the molecule is Cc1cc(C)c(N=C2NC(=Nc3c(C)cc(C)cc3C)c3ccccc32)c(C)c1. The fraction of sp³-hybridized carbons (Fsp3) is 0.231. The van der Waals surface area contributed by atoms with Gasteiger partial charge in [-0.15, -0.1) is 0 Å². The van der Waals surface area contributed by atoms with E-state index < -0.39 is 0 Å². The van der Waals surface area contributed by atoms with Crippen LogP contribution in [0.15, 0.2) is 58.5 Å². The molecule has 0 saturated heterocycles. The van der Waals surface area contributed by atoms with Gasteiger partial charge >= 0.3 is 0 Å². The lowest BCUT2D eigenvalue weighted by molar-refractivity contribution is 1.25. The lowest BCUT2D eigenvalue weighted by atomic mass is 10.0. The average Bonchev–Trinajstić information content (AvgIpc) is 2.99. The van der Waals surface area contributed by atoms with Crippen LogP contribution < -0.4 is 5.32 Å². The smallest absolute Gasteiger partial charge is 0.140 e. The molecule has 0 spiro atoms. The standard InChI is InChI=1S/C26H27N3/c1-15-11-17(3)23(18(4)12-15)27-25-21-9-7-8-10-22(21)26(29-25)28-24-19(5)13-16(2)14-20(24)6/h7-14H,1-6H3,(H,27,28,29). The number of rotatable bonds is 2. The normalized spacial score (nSPS) is 15.7. The molecule has 3 aromatic carbocycles. The zero-order chi connectivity index (χ0) is 20.7. The van der Waals surface area contributed by atoms with Crippen molar-refractivity contribution >= 4 is 23.0 Å². The molecule has 0 radical (unpaired) electrons. The molecule has 0 fully saturated rings. The van der Waals surface area contributed by atoms with E-state index in [4.69, 9.17) is 9.98 Å². The van der Waals surface area contributed by atoms with Crippen molar-refractivity contribution in [2.24, 2.45) is 9.98 Å². The van der Waals surface area contributed by atoms with Gasteiger partial charge in [0.15, 0.2) is 0 Å². The van der Waals surface area contributed by atoms with Gasteiger partial charge in [-0.1, -0.05) is 59.7 Å². The highest BCUT2D eigenvalue weighted by Gasteiger charge is 2.24. The van der Waals surface area contributed by atoms with Gasteiger partial charge < -0.3 is 5.32 Å². The van der Waals surface area contributed by atoms with Gasteiger partial charge in [-0.25, -0.2) is 9.98 Å². The Hall–Kier alpha value is -3.20. The molecule has 1 aliphatic rings. The molecule has 1 heterocycles. The quantitative estimate of drug-likeness (QED) is 0.556. The van der Waals surface area contributed by atoms with E-state index in [0.717, 1.165) is 34.2 Å². The third-order valence-electron chi connectivity index (χ3n) is 5.39. The summed E-state index contributed by atoms with van der Waals surface area (Å²) in [5.41, 5.74) is 11.5. The van der Waals surface area contributed by atoms with Crippen molar-refractivity contribution < 1.29 is 0 Å². The number of hydrogen-bond donors (Lipinski definition) is 1. The summed E-state index contributed by atoms with van der Waals surface area (Å²) in [7, 11) is 0. The number of aryl methyl sites for hydroxylation is 6. The Morgan fingerprint density at radius 2 is 0.897 bits per heavy atom. The second kappa shape index (κ2) is 7.32. The summed E-state index contributed by atoms with van der Waals surface area (Å²) >= 11 is 0. The van der Waals surface area contributed by atoms with E-state index in [1.54, 1.807) is 0 Å². The minimum absolute atomic E-state index is 0.858. The van der Waals surface area contributed by atoms with Crippen LogP contribution in [0.1, 0.15) is 44.5 Å². The largest absolute Gasteiger partial charge is 0.324 e. The van der Waals surface area contributed by atoms with Crippen LogP contribution in [0.2, 0.25) is 0 Å². The number of nitrogens with zero attached hydrogens (tertiary/aromatic N) is 2. The summed E-state index contributed by atoms with van der Waals surface area (Å²) in [6.45, 7) is 12.7. The molecule has 3 heteroatoms. The van der Waals surface area contributed by atoms with Gasteiger partial charge in [0, 0.05) is 11.1 Å². The second-order valence-corrected chi connectivity index (χ2v) is 8.09. The predicted octanol–water partition coefficient (Wildman–Crippen LogP) is 6.30. The fourth-order valence-electron chi connectivity index (χ4n) is 4.24. The van der Waals surface area contributed by atoms with Gasteiger partial charge in [0.05, 0.1) is 11.4 Å². The molecular weight excluding hydrogens is 354 g/mol. The van der Waals surface area contributed by atoms with Gasteiger partial charge in [-0.05, 0) is 63.8 Å². The van der Waals surface area contributed by atoms with Crippen molar-refractivity contribution in [3.05, 3.63) is 93.0 Å². The molecule has 0 unspecified atom stereocenters. The zero-order valence-electron chi connectivity index (χ0n) is 18.0. The molecule has 0 bridgehead atoms. The van der Waals surface area contributed by atoms with Crippen molar-refractivity contribution in [1.82, 2.24) is 5.32 Å². The molecule has 0 aliphatic carbocycles. The lowest BCUT2D eigenvalue weighted by Crippen LogP contribution is -2.22. The van der Waals surface area contributed by atoms with Crippen LogP contribution >= 0.6 is 0 Å². The van der Waals surface area contributed by atoms with Gasteiger partial charge in [0.2, 0.25) is 0 Å². The molecular formula is C26H27N3. The molecule has 0 saturated carbocycles. The van der Waals surface area contributed by atoms with Crippen LogP contribution in [0.3, 0.4) is 0 Å². The summed E-state index contributed by atoms with van der Waals surface area (Å²) in [5.74, 6) is 1.72. The molecule has 0 aromatic heterocycles. The van der Waals surface area contributed by atoms with E-state index in [1.165, 1.54) is 33.4 Å². The summed E-state index contributed by atoms with van der Waals surface area (Å²) in [6.07, 6.45) is 0.